The van der Waals surface area contributed by atoms with E-state index in [0.717, 1.165) is 10.6 Å². The van der Waals surface area contributed by atoms with Gasteiger partial charge in [0.15, 0.2) is 0 Å². The molecule has 0 radical (unpaired) electrons. The Morgan fingerprint density at radius 3 is 2.25 bits per heavy atom. The molecule has 1 rings (SSSR count). The zero-order valence-corrected chi connectivity index (χ0v) is 8.31. The minimum absolute atomic E-state index is 0.250. The van der Waals surface area contributed by atoms with Gasteiger partial charge in [-0.15, -0.1) is 12.6 Å². The summed E-state index contributed by atoms with van der Waals surface area (Å²) in [6, 6.07) is 7.88. The smallest absolute Gasteiger partial charge is 0.0473 e. The predicted octanol–water partition coefficient (Wildman–Crippen LogP) is 2.02. The molecule has 3 heteroatoms. The molecule has 0 bridgehead atoms. The molecule has 0 saturated heterocycles. The summed E-state index contributed by atoms with van der Waals surface area (Å²) < 4.78 is 0. The van der Waals surface area contributed by atoms with Gasteiger partial charge in [0.05, 0.1) is 0 Å². The summed E-state index contributed by atoms with van der Waals surface area (Å²) in [7, 11) is 1.88. The van der Waals surface area contributed by atoms with Crippen LogP contribution in [0, 0.1) is 0 Å². The quantitative estimate of drug-likeness (QED) is 0.585. The van der Waals surface area contributed by atoms with Gasteiger partial charge in [-0.25, -0.2) is 0 Å². The average molecular weight is 185 g/mol. The van der Waals surface area contributed by atoms with Crippen LogP contribution in [0.25, 0.3) is 0 Å². The summed E-state index contributed by atoms with van der Waals surface area (Å²) in [6.07, 6.45) is 0. The van der Waals surface area contributed by atoms with Gasteiger partial charge in [0.2, 0.25) is 0 Å². The molecular weight excluding hydrogens is 170 g/mol. The van der Waals surface area contributed by atoms with Crippen LogP contribution in [0.4, 0.5) is 5.69 Å². The number of hydrogen-bond donors (Lipinski definition) is 3. The maximum absolute atomic E-state index is 7.57. The van der Waals surface area contributed by atoms with Crippen molar-refractivity contribution >= 4 is 18.3 Å². The van der Waals surface area contributed by atoms with Gasteiger partial charge in [-0.2, -0.15) is 0 Å². The Morgan fingerprint density at radius 1 is 1.42 bits per heavy atom. The lowest BCUT2D eigenvalue weighted by atomic mass is 10.3. The second kappa shape index (κ2) is 7.00. The topological polar surface area (TPSA) is 32.3 Å². The lowest BCUT2D eigenvalue weighted by molar-refractivity contribution is 0.318. The van der Waals surface area contributed by atoms with Crippen molar-refractivity contribution in [3.8, 4) is 0 Å². The van der Waals surface area contributed by atoms with Crippen LogP contribution < -0.4 is 5.32 Å². The van der Waals surface area contributed by atoms with E-state index < -0.39 is 0 Å². The fourth-order valence-electron chi connectivity index (χ4n) is 0.685. The molecule has 12 heavy (non-hydrogen) atoms. The van der Waals surface area contributed by atoms with Crippen molar-refractivity contribution in [2.75, 3.05) is 19.0 Å². The summed E-state index contributed by atoms with van der Waals surface area (Å²) >= 11 is 4.22. The van der Waals surface area contributed by atoms with E-state index in [1.165, 1.54) is 0 Å². The van der Waals surface area contributed by atoms with Crippen LogP contribution in [0.15, 0.2) is 29.2 Å². The molecule has 0 fully saturated rings. The summed E-state index contributed by atoms with van der Waals surface area (Å²) in [5.74, 6) is 0. The average Bonchev–Trinajstić information content (AvgIpc) is 2.07. The van der Waals surface area contributed by atoms with E-state index in [1.54, 1.807) is 6.92 Å². The van der Waals surface area contributed by atoms with E-state index in [0.29, 0.717) is 0 Å². The van der Waals surface area contributed by atoms with Crippen molar-refractivity contribution in [3.63, 3.8) is 0 Å². The highest BCUT2D eigenvalue weighted by Crippen LogP contribution is 2.16. The zero-order chi connectivity index (χ0) is 9.40. The molecule has 0 amide bonds. The van der Waals surface area contributed by atoms with E-state index in [2.05, 4.69) is 17.9 Å². The molecular formula is C9H15NOS. The third-order valence-corrected chi connectivity index (χ3v) is 1.56. The van der Waals surface area contributed by atoms with Crippen molar-refractivity contribution in [2.45, 2.75) is 11.8 Å². The van der Waals surface area contributed by atoms with Crippen LogP contribution in [0.1, 0.15) is 6.92 Å². The lowest BCUT2D eigenvalue weighted by Gasteiger charge is -2.00. The molecule has 1 aromatic rings. The minimum atomic E-state index is 0.250. The molecule has 2 N–H and O–H groups in total. The van der Waals surface area contributed by atoms with Crippen LogP contribution in [0.3, 0.4) is 0 Å². The second-order valence-corrected chi connectivity index (χ2v) is 2.57. The van der Waals surface area contributed by atoms with Gasteiger partial charge in [0.1, 0.15) is 0 Å². The van der Waals surface area contributed by atoms with Crippen molar-refractivity contribution in [2.24, 2.45) is 0 Å². The first-order valence-corrected chi connectivity index (χ1v) is 4.27. The standard InChI is InChI=1S/C7H9NS.C2H6O/c1-8-6-4-2-3-5-7(6)9;1-2-3/h2-5,8-9H,1H3;3H,2H2,1H3. The molecule has 0 aliphatic rings. The SMILES string of the molecule is CCO.CNc1ccccc1S. The first-order valence-electron chi connectivity index (χ1n) is 3.82. The van der Waals surface area contributed by atoms with E-state index >= 15 is 0 Å². The van der Waals surface area contributed by atoms with E-state index in [4.69, 9.17) is 5.11 Å². The molecule has 1 aromatic carbocycles. The van der Waals surface area contributed by atoms with Gasteiger partial charge >= 0.3 is 0 Å². The molecule has 0 unspecified atom stereocenters. The summed E-state index contributed by atoms with van der Waals surface area (Å²) in [6.45, 7) is 1.93. The van der Waals surface area contributed by atoms with Crippen molar-refractivity contribution in [1.82, 2.24) is 0 Å². The number of thiol groups is 1. The van der Waals surface area contributed by atoms with E-state index in [-0.39, 0.29) is 6.61 Å². The molecule has 0 aromatic heterocycles. The number of anilines is 1. The fourth-order valence-corrected chi connectivity index (χ4v) is 0.957. The number of hydrogen-bond acceptors (Lipinski definition) is 3. The van der Waals surface area contributed by atoms with Crippen LogP contribution in [-0.2, 0) is 0 Å². The normalized spacial score (nSPS) is 8.33. The van der Waals surface area contributed by atoms with Crippen molar-refractivity contribution < 1.29 is 5.11 Å². The molecule has 0 saturated carbocycles. The van der Waals surface area contributed by atoms with E-state index in [9.17, 15) is 0 Å². The lowest BCUT2D eigenvalue weighted by Crippen LogP contribution is -1.87. The minimum Gasteiger partial charge on any atom is -0.397 e. The Kier molecular flexibility index (Phi) is 6.61. The summed E-state index contributed by atoms with van der Waals surface area (Å²) in [5, 5.41) is 10.6. The Morgan fingerprint density at radius 2 is 1.92 bits per heavy atom. The van der Waals surface area contributed by atoms with Crippen LogP contribution in [0.2, 0.25) is 0 Å². The molecule has 0 heterocycles. The third-order valence-electron chi connectivity index (χ3n) is 1.17. The maximum Gasteiger partial charge on any atom is 0.0473 e. The number of para-hydroxylation sites is 1. The Bertz CT molecular complexity index is 215. The second-order valence-electron chi connectivity index (χ2n) is 2.08. The largest absolute Gasteiger partial charge is 0.397 e. The monoisotopic (exact) mass is 185 g/mol. The van der Waals surface area contributed by atoms with Gasteiger partial charge in [0.25, 0.3) is 0 Å². The zero-order valence-electron chi connectivity index (χ0n) is 7.41. The van der Waals surface area contributed by atoms with Crippen LogP contribution in [-0.4, -0.2) is 18.8 Å². The highest BCUT2D eigenvalue weighted by atomic mass is 32.1. The first kappa shape index (κ1) is 11.3. The Hall–Kier alpha value is -0.670. The molecule has 2 nitrogen and oxygen atoms in total. The highest BCUT2D eigenvalue weighted by Gasteiger charge is 1.89. The van der Waals surface area contributed by atoms with Crippen LogP contribution >= 0.6 is 12.6 Å². The molecule has 0 atom stereocenters. The molecule has 0 spiro atoms. The van der Waals surface area contributed by atoms with Crippen LogP contribution in [0.5, 0.6) is 0 Å². The molecule has 68 valence electrons. The Labute approximate surface area is 79.0 Å². The number of aliphatic hydroxyl groups is 1. The highest BCUT2D eigenvalue weighted by molar-refractivity contribution is 7.80. The van der Waals surface area contributed by atoms with Crippen molar-refractivity contribution in [1.29, 1.82) is 0 Å². The fraction of sp³-hybridized carbons (Fsp3) is 0.333. The number of aliphatic hydroxyl groups excluding tert-OH is 1. The third kappa shape index (κ3) is 4.26. The predicted molar refractivity (Wildman–Crippen MR) is 56.0 cm³/mol. The summed E-state index contributed by atoms with van der Waals surface area (Å²) in [4.78, 5) is 0.986. The first-order chi connectivity index (χ1) is 5.76. The van der Waals surface area contributed by atoms with Gasteiger partial charge in [-0.3, -0.25) is 0 Å². The summed E-state index contributed by atoms with van der Waals surface area (Å²) in [5.41, 5.74) is 1.07. The van der Waals surface area contributed by atoms with Gasteiger partial charge in [-0.05, 0) is 19.1 Å². The van der Waals surface area contributed by atoms with Crippen molar-refractivity contribution in [3.05, 3.63) is 24.3 Å². The number of nitrogens with one attached hydrogen (secondary N) is 1. The maximum atomic E-state index is 7.57. The van der Waals surface area contributed by atoms with E-state index in [1.807, 2.05) is 31.3 Å². The number of benzene rings is 1. The van der Waals surface area contributed by atoms with Gasteiger partial charge < -0.3 is 10.4 Å². The Balaban J connectivity index is 0.000000354. The molecule has 0 aliphatic carbocycles. The number of rotatable bonds is 1. The van der Waals surface area contributed by atoms with Gasteiger partial charge in [0, 0.05) is 24.2 Å². The molecule has 0 aliphatic heterocycles. The van der Waals surface area contributed by atoms with Gasteiger partial charge in [-0.1, -0.05) is 12.1 Å².